The molecule has 2 aromatic heterocycles. The summed E-state index contributed by atoms with van der Waals surface area (Å²) in [7, 11) is 0. The smallest absolute Gasteiger partial charge is 0.271 e. The molecule has 5 aromatic rings. The zero-order valence-electron chi connectivity index (χ0n) is 20.0. The summed E-state index contributed by atoms with van der Waals surface area (Å²) >= 11 is 1.54. The third-order valence-electron chi connectivity index (χ3n) is 5.73. The van der Waals surface area contributed by atoms with Crippen molar-refractivity contribution in [3.63, 3.8) is 0 Å². The van der Waals surface area contributed by atoms with E-state index in [4.69, 9.17) is 4.42 Å². The highest BCUT2D eigenvalue weighted by atomic mass is 32.2. The number of aromatic nitrogens is 1. The quantitative estimate of drug-likeness (QED) is 0.192. The maximum atomic E-state index is 12.6. The van der Waals surface area contributed by atoms with Crippen LogP contribution in [0, 0.1) is 13.8 Å². The number of nitrogens with one attached hydrogen (secondary N) is 1. The summed E-state index contributed by atoms with van der Waals surface area (Å²) in [5.74, 6) is 0.280. The number of nitrogens with zero attached hydrogens (tertiary/aromatic N) is 2. The SMILES string of the molecule is Cc1ccc(Sc2ccc(/C=N/NC(=O)c3ccc(-n4c(C)ccc4-c4ccccc4)cc3)o2)cc1. The Bertz CT molecular complexity index is 1500. The molecule has 0 fully saturated rings. The summed E-state index contributed by atoms with van der Waals surface area (Å²) in [6, 6.07) is 33.9. The third-order valence-corrected chi connectivity index (χ3v) is 6.66. The lowest BCUT2D eigenvalue weighted by Gasteiger charge is -2.12. The van der Waals surface area contributed by atoms with Crippen LogP contribution in [0.25, 0.3) is 16.9 Å². The van der Waals surface area contributed by atoms with Gasteiger partial charge in [0.25, 0.3) is 5.91 Å². The molecule has 3 aromatic carbocycles. The Hall–Kier alpha value is -4.29. The lowest BCUT2D eigenvalue weighted by Crippen LogP contribution is -2.17. The first-order valence-corrected chi connectivity index (χ1v) is 12.4. The fraction of sp³-hybridized carbons (Fsp3) is 0.0667. The topological polar surface area (TPSA) is 59.5 Å². The Balaban J connectivity index is 1.23. The van der Waals surface area contributed by atoms with Crippen LogP contribution in [-0.4, -0.2) is 16.7 Å². The predicted octanol–water partition coefficient (Wildman–Crippen LogP) is 7.27. The summed E-state index contributed by atoms with van der Waals surface area (Å²) < 4.78 is 7.96. The standard InChI is InChI=1S/C30H25N3O2S/c1-21-8-16-27(17-9-21)36-29-19-15-26(35-29)20-31-32-30(34)24-11-13-25(14-12-24)33-22(2)10-18-28(33)23-6-4-3-5-7-23/h3-20H,1-2H3,(H,32,34)/b31-20+. The minimum Gasteiger partial charge on any atom is -0.448 e. The molecule has 0 aliphatic rings. The first-order valence-electron chi connectivity index (χ1n) is 11.6. The number of benzene rings is 3. The average Bonchev–Trinajstić information content (AvgIpc) is 3.52. The summed E-state index contributed by atoms with van der Waals surface area (Å²) in [6.07, 6.45) is 1.50. The highest BCUT2D eigenvalue weighted by Crippen LogP contribution is 2.29. The number of aryl methyl sites for hydroxylation is 2. The predicted molar refractivity (Wildman–Crippen MR) is 145 cm³/mol. The Labute approximate surface area is 214 Å². The van der Waals surface area contributed by atoms with E-state index in [1.54, 1.807) is 12.1 Å². The first-order chi connectivity index (χ1) is 17.6. The molecule has 178 valence electrons. The van der Waals surface area contributed by atoms with Crippen LogP contribution in [-0.2, 0) is 0 Å². The molecule has 0 aliphatic carbocycles. The molecule has 0 atom stereocenters. The van der Waals surface area contributed by atoms with Gasteiger partial charge in [-0.25, -0.2) is 5.43 Å². The van der Waals surface area contributed by atoms with Crippen molar-refractivity contribution in [1.82, 2.24) is 9.99 Å². The number of furan rings is 1. The number of carbonyl (C=O) groups excluding carboxylic acids is 1. The second-order valence-corrected chi connectivity index (χ2v) is 9.46. The van der Waals surface area contributed by atoms with Crippen LogP contribution in [0.5, 0.6) is 0 Å². The second kappa shape index (κ2) is 10.5. The van der Waals surface area contributed by atoms with Crippen LogP contribution in [0.2, 0.25) is 0 Å². The fourth-order valence-electron chi connectivity index (χ4n) is 3.88. The molecule has 0 spiro atoms. The van der Waals surface area contributed by atoms with Crippen molar-refractivity contribution in [2.75, 3.05) is 0 Å². The van der Waals surface area contributed by atoms with Crippen LogP contribution in [0.15, 0.2) is 123 Å². The number of amides is 1. The number of hydrogen-bond donors (Lipinski definition) is 1. The van der Waals surface area contributed by atoms with E-state index in [0.29, 0.717) is 11.3 Å². The van der Waals surface area contributed by atoms with Gasteiger partial charge in [0, 0.05) is 21.8 Å². The number of rotatable bonds is 7. The zero-order valence-corrected chi connectivity index (χ0v) is 20.8. The van der Waals surface area contributed by atoms with E-state index in [9.17, 15) is 4.79 Å². The molecule has 0 saturated heterocycles. The van der Waals surface area contributed by atoms with Crippen LogP contribution in [0.3, 0.4) is 0 Å². The summed E-state index contributed by atoms with van der Waals surface area (Å²) in [5.41, 5.74) is 8.67. The van der Waals surface area contributed by atoms with Gasteiger partial charge >= 0.3 is 0 Å². The van der Waals surface area contributed by atoms with Crippen molar-refractivity contribution in [1.29, 1.82) is 0 Å². The monoisotopic (exact) mass is 491 g/mol. The van der Waals surface area contributed by atoms with Crippen molar-refractivity contribution in [3.05, 3.63) is 126 Å². The van der Waals surface area contributed by atoms with Crippen LogP contribution < -0.4 is 5.43 Å². The van der Waals surface area contributed by atoms with E-state index in [1.807, 2.05) is 42.5 Å². The molecule has 2 heterocycles. The van der Waals surface area contributed by atoms with Crippen LogP contribution in [0.1, 0.15) is 27.4 Å². The molecule has 0 aliphatic heterocycles. The average molecular weight is 492 g/mol. The third kappa shape index (κ3) is 5.34. The normalized spacial score (nSPS) is 11.2. The minimum absolute atomic E-state index is 0.286. The molecule has 1 amide bonds. The Kier molecular flexibility index (Phi) is 6.87. The van der Waals surface area contributed by atoms with Crippen molar-refractivity contribution >= 4 is 23.9 Å². The highest BCUT2D eigenvalue weighted by molar-refractivity contribution is 7.99. The highest BCUT2D eigenvalue weighted by Gasteiger charge is 2.11. The van der Waals surface area contributed by atoms with E-state index in [1.165, 1.54) is 23.5 Å². The van der Waals surface area contributed by atoms with Crippen molar-refractivity contribution < 1.29 is 9.21 Å². The molecule has 0 saturated carbocycles. The van der Waals surface area contributed by atoms with E-state index < -0.39 is 0 Å². The molecular weight excluding hydrogens is 466 g/mol. The molecule has 5 nitrogen and oxygen atoms in total. The second-order valence-electron chi connectivity index (χ2n) is 8.38. The molecule has 6 heteroatoms. The minimum atomic E-state index is -0.286. The number of carbonyl (C=O) groups is 1. The maximum Gasteiger partial charge on any atom is 0.271 e. The Morgan fingerprint density at radius 2 is 1.61 bits per heavy atom. The molecule has 5 rings (SSSR count). The lowest BCUT2D eigenvalue weighted by molar-refractivity contribution is 0.0955. The lowest BCUT2D eigenvalue weighted by atomic mass is 10.1. The summed E-state index contributed by atoms with van der Waals surface area (Å²) in [5, 5.41) is 4.82. The van der Waals surface area contributed by atoms with Gasteiger partial charge in [-0.05, 0) is 80.1 Å². The molecule has 0 radical (unpaired) electrons. The van der Waals surface area contributed by atoms with E-state index in [-0.39, 0.29) is 5.91 Å². The van der Waals surface area contributed by atoms with Gasteiger partial charge < -0.3 is 8.98 Å². The van der Waals surface area contributed by atoms with Gasteiger partial charge in [0.15, 0.2) is 5.09 Å². The van der Waals surface area contributed by atoms with Gasteiger partial charge in [0.05, 0.1) is 11.9 Å². The molecular formula is C30H25N3O2S. The largest absolute Gasteiger partial charge is 0.448 e. The summed E-state index contributed by atoms with van der Waals surface area (Å²) in [4.78, 5) is 13.7. The molecule has 0 unspecified atom stereocenters. The van der Waals surface area contributed by atoms with Gasteiger partial charge in [-0.2, -0.15) is 5.10 Å². The molecule has 0 bridgehead atoms. The van der Waals surface area contributed by atoms with E-state index >= 15 is 0 Å². The van der Waals surface area contributed by atoms with Crippen molar-refractivity contribution in [2.24, 2.45) is 5.10 Å². The Morgan fingerprint density at radius 1 is 0.861 bits per heavy atom. The number of hydrogen-bond acceptors (Lipinski definition) is 4. The van der Waals surface area contributed by atoms with Crippen molar-refractivity contribution in [2.45, 2.75) is 23.8 Å². The zero-order chi connectivity index (χ0) is 24.9. The van der Waals surface area contributed by atoms with Gasteiger partial charge in [-0.1, -0.05) is 59.8 Å². The van der Waals surface area contributed by atoms with Crippen molar-refractivity contribution in [3.8, 4) is 16.9 Å². The number of hydrazone groups is 1. The van der Waals surface area contributed by atoms with E-state index in [0.717, 1.165) is 32.6 Å². The first kappa shape index (κ1) is 23.5. The van der Waals surface area contributed by atoms with Gasteiger partial charge in [0.1, 0.15) is 5.76 Å². The summed E-state index contributed by atoms with van der Waals surface area (Å²) in [6.45, 7) is 4.13. The Morgan fingerprint density at radius 3 is 2.36 bits per heavy atom. The van der Waals surface area contributed by atoms with Crippen LogP contribution in [0.4, 0.5) is 0 Å². The fourth-order valence-corrected chi connectivity index (χ4v) is 4.66. The van der Waals surface area contributed by atoms with E-state index in [2.05, 4.69) is 77.5 Å². The van der Waals surface area contributed by atoms with Crippen LogP contribution >= 0.6 is 11.8 Å². The maximum absolute atomic E-state index is 12.6. The molecule has 36 heavy (non-hydrogen) atoms. The van der Waals surface area contributed by atoms with Gasteiger partial charge in [0.2, 0.25) is 0 Å². The molecule has 1 N–H and O–H groups in total. The van der Waals surface area contributed by atoms with Gasteiger partial charge in [-0.3, -0.25) is 4.79 Å². The van der Waals surface area contributed by atoms with Gasteiger partial charge in [-0.15, -0.1) is 0 Å².